The van der Waals surface area contributed by atoms with E-state index in [4.69, 9.17) is 4.74 Å². The molecule has 2 heterocycles. The van der Waals surface area contributed by atoms with Crippen molar-refractivity contribution < 1.29 is 14.3 Å². The lowest BCUT2D eigenvalue weighted by molar-refractivity contribution is -0.143. The van der Waals surface area contributed by atoms with E-state index in [-0.39, 0.29) is 23.1 Å². The average molecular weight is 370 g/mol. The number of carbonyl (C=O) groups excluding carboxylic acids is 2. The van der Waals surface area contributed by atoms with Crippen molar-refractivity contribution >= 4 is 11.8 Å². The van der Waals surface area contributed by atoms with Gasteiger partial charge in [0.2, 0.25) is 5.91 Å². The molecule has 0 radical (unpaired) electrons. The minimum Gasteiger partial charge on any atom is -0.378 e. The number of likely N-dealkylation sites (tertiary alicyclic amines) is 1. The minimum atomic E-state index is -0.0239. The van der Waals surface area contributed by atoms with Gasteiger partial charge in [0.1, 0.15) is 0 Å². The van der Waals surface area contributed by atoms with E-state index in [1.54, 1.807) is 0 Å². The number of ether oxygens (including phenoxy) is 1. The highest BCUT2D eigenvalue weighted by Gasteiger charge is 2.52. The number of amides is 2. The summed E-state index contributed by atoms with van der Waals surface area (Å²) in [5, 5.41) is 0. The van der Waals surface area contributed by atoms with Gasteiger partial charge in [-0.3, -0.25) is 9.59 Å². The largest absolute Gasteiger partial charge is 0.378 e. The lowest BCUT2D eigenvalue weighted by Gasteiger charge is -2.36. The van der Waals surface area contributed by atoms with Gasteiger partial charge in [-0.1, -0.05) is 23.6 Å². The molecule has 2 amide bonds. The van der Waals surface area contributed by atoms with Crippen molar-refractivity contribution in [2.75, 3.05) is 39.4 Å². The third-order valence-corrected chi connectivity index (χ3v) is 6.67. The van der Waals surface area contributed by atoms with Gasteiger partial charge in [-0.25, -0.2) is 0 Å². The summed E-state index contributed by atoms with van der Waals surface area (Å²) in [6.07, 6.45) is 4.06. The Morgan fingerprint density at radius 3 is 2.41 bits per heavy atom. The first-order chi connectivity index (χ1) is 13.0. The second-order valence-corrected chi connectivity index (χ2v) is 8.60. The van der Waals surface area contributed by atoms with E-state index in [1.165, 1.54) is 0 Å². The lowest BCUT2D eigenvalue weighted by Crippen LogP contribution is -2.47. The smallest absolute Gasteiger partial charge is 0.253 e. The van der Waals surface area contributed by atoms with Gasteiger partial charge >= 0.3 is 0 Å². The third-order valence-electron chi connectivity index (χ3n) is 6.67. The molecule has 5 heteroatoms. The maximum absolute atomic E-state index is 13.2. The van der Waals surface area contributed by atoms with Crippen molar-refractivity contribution in [2.45, 2.75) is 39.5 Å². The summed E-state index contributed by atoms with van der Waals surface area (Å²) < 4.78 is 5.40. The molecular formula is C22H30N2O3. The predicted molar refractivity (Wildman–Crippen MR) is 104 cm³/mol. The van der Waals surface area contributed by atoms with Crippen LogP contribution in [0.25, 0.3) is 0 Å². The molecule has 1 saturated carbocycles. The Bertz CT molecular complexity index is 721. The Balaban J connectivity index is 1.49. The second kappa shape index (κ2) is 7.27. The maximum atomic E-state index is 13.2. The molecule has 0 bridgehead atoms. The standard InChI is InChI=1S/C22H30N2O3/c1-16-12-17(2)14-18(13-16)20(25)24-7-6-22(15-24)5-3-4-19(22)21(26)23-8-10-27-11-9-23/h12-14,19H,3-11,15H2,1-2H3/t19-,22-/m0/s1. The molecule has 0 aromatic heterocycles. The van der Waals surface area contributed by atoms with E-state index >= 15 is 0 Å². The van der Waals surface area contributed by atoms with Gasteiger partial charge in [0, 0.05) is 43.1 Å². The maximum Gasteiger partial charge on any atom is 0.253 e. The molecule has 4 rings (SSSR count). The first kappa shape index (κ1) is 18.5. The summed E-state index contributed by atoms with van der Waals surface area (Å²) in [7, 11) is 0. The molecule has 1 aromatic carbocycles. The molecule has 3 aliphatic rings. The van der Waals surface area contributed by atoms with Gasteiger partial charge in [0.05, 0.1) is 13.2 Å². The summed E-state index contributed by atoms with van der Waals surface area (Å²) >= 11 is 0. The fourth-order valence-corrected chi connectivity index (χ4v) is 5.37. The van der Waals surface area contributed by atoms with Crippen LogP contribution in [0.15, 0.2) is 18.2 Å². The SMILES string of the molecule is Cc1cc(C)cc(C(=O)N2CC[C@@]3(CCC[C@H]3C(=O)N3CCOCC3)C2)c1. The summed E-state index contributed by atoms with van der Waals surface area (Å²) in [5.41, 5.74) is 2.99. The molecule has 0 N–H and O–H groups in total. The second-order valence-electron chi connectivity index (χ2n) is 8.60. The molecule has 27 heavy (non-hydrogen) atoms. The van der Waals surface area contributed by atoms with Crippen molar-refractivity contribution in [1.29, 1.82) is 0 Å². The molecule has 0 unspecified atom stereocenters. The van der Waals surface area contributed by atoms with Gasteiger partial charge in [-0.15, -0.1) is 0 Å². The van der Waals surface area contributed by atoms with E-state index in [0.717, 1.165) is 55.5 Å². The van der Waals surface area contributed by atoms with E-state index in [1.807, 2.05) is 35.8 Å². The fraction of sp³-hybridized carbons (Fsp3) is 0.636. The molecule has 2 saturated heterocycles. The van der Waals surface area contributed by atoms with Crippen molar-refractivity contribution in [3.8, 4) is 0 Å². The zero-order chi connectivity index (χ0) is 19.0. The molecule has 1 aliphatic carbocycles. The Hall–Kier alpha value is -1.88. The van der Waals surface area contributed by atoms with Crippen molar-refractivity contribution in [3.63, 3.8) is 0 Å². The van der Waals surface area contributed by atoms with Crippen LogP contribution in [0.2, 0.25) is 0 Å². The van der Waals surface area contributed by atoms with Crippen LogP contribution in [0, 0.1) is 25.2 Å². The Morgan fingerprint density at radius 2 is 1.70 bits per heavy atom. The first-order valence-corrected chi connectivity index (χ1v) is 10.2. The molecule has 1 spiro atoms. The van der Waals surface area contributed by atoms with Crippen LogP contribution in [0.1, 0.15) is 47.2 Å². The number of morpholine rings is 1. The molecule has 1 aromatic rings. The van der Waals surface area contributed by atoms with Crippen LogP contribution in [0.5, 0.6) is 0 Å². The zero-order valence-electron chi connectivity index (χ0n) is 16.5. The number of rotatable bonds is 2. The van der Waals surface area contributed by atoms with Crippen LogP contribution < -0.4 is 0 Å². The van der Waals surface area contributed by atoms with Crippen LogP contribution in [0.4, 0.5) is 0 Å². The van der Waals surface area contributed by atoms with Crippen molar-refractivity contribution in [3.05, 3.63) is 34.9 Å². The Morgan fingerprint density at radius 1 is 1.00 bits per heavy atom. The number of benzene rings is 1. The molecular weight excluding hydrogens is 340 g/mol. The highest BCUT2D eigenvalue weighted by molar-refractivity contribution is 5.95. The molecule has 146 valence electrons. The van der Waals surface area contributed by atoms with Crippen molar-refractivity contribution in [1.82, 2.24) is 9.80 Å². The van der Waals surface area contributed by atoms with Gasteiger partial charge in [0.25, 0.3) is 5.91 Å². The molecule has 2 atom stereocenters. The molecule has 5 nitrogen and oxygen atoms in total. The fourth-order valence-electron chi connectivity index (χ4n) is 5.37. The van der Waals surface area contributed by atoms with Crippen molar-refractivity contribution in [2.24, 2.45) is 11.3 Å². The van der Waals surface area contributed by atoms with E-state index in [2.05, 4.69) is 6.07 Å². The van der Waals surface area contributed by atoms with Crippen LogP contribution in [0.3, 0.4) is 0 Å². The summed E-state index contributed by atoms with van der Waals surface area (Å²) in [6, 6.07) is 6.05. The van der Waals surface area contributed by atoms with E-state index in [9.17, 15) is 9.59 Å². The monoisotopic (exact) mass is 370 g/mol. The van der Waals surface area contributed by atoms with E-state index < -0.39 is 0 Å². The van der Waals surface area contributed by atoms with Crippen LogP contribution in [-0.4, -0.2) is 61.0 Å². The van der Waals surface area contributed by atoms with Gasteiger partial charge in [-0.05, 0) is 45.2 Å². The number of carbonyl (C=O) groups is 2. The first-order valence-electron chi connectivity index (χ1n) is 10.2. The number of nitrogens with zero attached hydrogens (tertiary/aromatic N) is 2. The summed E-state index contributed by atoms with van der Waals surface area (Å²) in [6.45, 7) is 8.24. The third kappa shape index (κ3) is 3.49. The number of aryl methyl sites for hydroxylation is 2. The van der Waals surface area contributed by atoms with Crippen LogP contribution in [-0.2, 0) is 9.53 Å². The quantitative estimate of drug-likeness (QED) is 0.804. The number of hydrogen-bond donors (Lipinski definition) is 0. The van der Waals surface area contributed by atoms with Gasteiger partial charge in [-0.2, -0.15) is 0 Å². The average Bonchev–Trinajstić information content (AvgIpc) is 3.28. The van der Waals surface area contributed by atoms with Crippen LogP contribution >= 0.6 is 0 Å². The Kier molecular flexibility index (Phi) is 4.97. The topological polar surface area (TPSA) is 49.9 Å². The normalized spacial score (nSPS) is 28.1. The predicted octanol–water partition coefficient (Wildman–Crippen LogP) is 2.79. The highest BCUT2D eigenvalue weighted by atomic mass is 16.5. The number of hydrogen-bond acceptors (Lipinski definition) is 3. The summed E-state index contributed by atoms with van der Waals surface area (Å²) in [5.74, 6) is 0.465. The highest BCUT2D eigenvalue weighted by Crippen LogP contribution is 2.50. The van der Waals surface area contributed by atoms with Gasteiger partial charge < -0.3 is 14.5 Å². The molecule has 2 aliphatic heterocycles. The summed E-state index contributed by atoms with van der Waals surface area (Å²) in [4.78, 5) is 30.2. The lowest BCUT2D eigenvalue weighted by atomic mass is 9.76. The molecule has 3 fully saturated rings. The minimum absolute atomic E-state index is 0.0239. The van der Waals surface area contributed by atoms with E-state index in [0.29, 0.717) is 26.3 Å². The van der Waals surface area contributed by atoms with Gasteiger partial charge in [0.15, 0.2) is 0 Å². The zero-order valence-corrected chi connectivity index (χ0v) is 16.5. The Labute approximate surface area is 161 Å².